The van der Waals surface area contributed by atoms with E-state index in [-0.39, 0.29) is 18.1 Å². The number of benzene rings is 1. The van der Waals surface area contributed by atoms with E-state index in [9.17, 15) is 4.79 Å². The van der Waals surface area contributed by atoms with E-state index in [0.29, 0.717) is 19.8 Å². The Kier molecular flexibility index (Phi) is 4.90. The van der Waals surface area contributed by atoms with Crippen LogP contribution in [0.4, 0.5) is 5.69 Å². The normalized spacial score (nSPS) is 20.8. The third-order valence-corrected chi connectivity index (χ3v) is 3.22. The molecule has 0 radical (unpaired) electrons. The predicted octanol–water partition coefficient (Wildman–Crippen LogP) is 1.32. The van der Waals surface area contributed by atoms with Gasteiger partial charge in [-0.25, -0.2) is 0 Å². The number of nitrogens with one attached hydrogen (secondary N) is 2. The highest BCUT2D eigenvalue weighted by Crippen LogP contribution is 2.19. The van der Waals surface area contributed by atoms with Gasteiger partial charge < -0.3 is 20.1 Å². The molecule has 2 atom stereocenters. The van der Waals surface area contributed by atoms with Crippen LogP contribution in [0.2, 0.25) is 0 Å². The Labute approximate surface area is 113 Å². The molecule has 104 valence electrons. The molecule has 5 heteroatoms. The number of hydrogen-bond donors (Lipinski definition) is 2. The van der Waals surface area contributed by atoms with Crippen LogP contribution in [0.15, 0.2) is 24.3 Å². The summed E-state index contributed by atoms with van der Waals surface area (Å²) in [5, 5.41) is 6.02. The van der Waals surface area contributed by atoms with Crippen LogP contribution in [0.1, 0.15) is 18.6 Å². The van der Waals surface area contributed by atoms with Gasteiger partial charge in [0.1, 0.15) is 6.04 Å². The standard InChI is InChI=1S/C14H20N2O3/c1-10(18-2)11-4-3-5-12(8-11)16-14(17)13-9-19-7-6-15-13/h3-5,8,10,13,15H,6-7,9H2,1-2H3,(H,16,17). The van der Waals surface area contributed by atoms with E-state index in [0.717, 1.165) is 11.3 Å². The van der Waals surface area contributed by atoms with Crippen molar-refractivity contribution < 1.29 is 14.3 Å². The largest absolute Gasteiger partial charge is 0.378 e. The van der Waals surface area contributed by atoms with Gasteiger partial charge >= 0.3 is 0 Å². The molecule has 0 spiro atoms. The number of rotatable bonds is 4. The molecular formula is C14H20N2O3. The summed E-state index contributed by atoms with van der Waals surface area (Å²) in [5.41, 5.74) is 1.81. The second-order valence-corrected chi connectivity index (χ2v) is 4.57. The van der Waals surface area contributed by atoms with Gasteiger partial charge in [0.05, 0.1) is 19.3 Å². The molecule has 2 rings (SSSR count). The zero-order valence-corrected chi connectivity index (χ0v) is 11.3. The monoisotopic (exact) mass is 264 g/mol. The van der Waals surface area contributed by atoms with Crippen molar-refractivity contribution in [3.8, 4) is 0 Å². The van der Waals surface area contributed by atoms with Crippen LogP contribution in [0.3, 0.4) is 0 Å². The van der Waals surface area contributed by atoms with Crippen LogP contribution in [0, 0.1) is 0 Å². The van der Waals surface area contributed by atoms with Crippen LogP contribution < -0.4 is 10.6 Å². The topological polar surface area (TPSA) is 59.6 Å². The smallest absolute Gasteiger partial charge is 0.243 e. The van der Waals surface area contributed by atoms with Crippen molar-refractivity contribution in [2.45, 2.75) is 19.1 Å². The third-order valence-electron chi connectivity index (χ3n) is 3.22. The number of hydrogen-bond acceptors (Lipinski definition) is 4. The molecule has 1 saturated heterocycles. The Morgan fingerprint density at radius 2 is 2.42 bits per heavy atom. The van der Waals surface area contributed by atoms with Gasteiger partial charge in [-0.15, -0.1) is 0 Å². The summed E-state index contributed by atoms with van der Waals surface area (Å²) < 4.78 is 10.5. The molecule has 1 amide bonds. The Morgan fingerprint density at radius 3 is 3.11 bits per heavy atom. The molecule has 0 bridgehead atoms. The van der Waals surface area contributed by atoms with Gasteiger partial charge in [0.25, 0.3) is 0 Å². The van der Waals surface area contributed by atoms with Crippen molar-refractivity contribution in [2.75, 3.05) is 32.2 Å². The number of methoxy groups -OCH3 is 1. The van der Waals surface area contributed by atoms with E-state index in [1.807, 2.05) is 31.2 Å². The number of carbonyl (C=O) groups excluding carboxylic acids is 1. The summed E-state index contributed by atoms with van der Waals surface area (Å²) in [6, 6.07) is 7.40. The second kappa shape index (κ2) is 6.65. The van der Waals surface area contributed by atoms with Gasteiger partial charge in [0.2, 0.25) is 5.91 Å². The van der Waals surface area contributed by atoms with Crippen molar-refractivity contribution in [1.29, 1.82) is 0 Å². The molecule has 2 unspecified atom stereocenters. The van der Waals surface area contributed by atoms with E-state index in [1.54, 1.807) is 7.11 Å². The maximum Gasteiger partial charge on any atom is 0.243 e. The van der Waals surface area contributed by atoms with E-state index in [2.05, 4.69) is 10.6 Å². The Balaban J connectivity index is 2.00. The molecule has 1 aromatic rings. The number of anilines is 1. The molecular weight excluding hydrogens is 244 g/mol. The lowest BCUT2D eigenvalue weighted by atomic mass is 10.1. The lowest BCUT2D eigenvalue weighted by Crippen LogP contribution is -2.48. The van der Waals surface area contributed by atoms with Crippen molar-refractivity contribution >= 4 is 11.6 Å². The number of amides is 1. The van der Waals surface area contributed by atoms with Gasteiger partial charge in [-0.2, -0.15) is 0 Å². The fourth-order valence-electron chi connectivity index (χ4n) is 1.97. The summed E-state index contributed by atoms with van der Waals surface area (Å²) in [4.78, 5) is 12.0. The van der Waals surface area contributed by atoms with Crippen LogP contribution in [0.5, 0.6) is 0 Å². The number of ether oxygens (including phenoxy) is 2. The molecule has 1 heterocycles. The first-order valence-electron chi connectivity index (χ1n) is 6.45. The van der Waals surface area contributed by atoms with Crippen molar-refractivity contribution in [1.82, 2.24) is 5.32 Å². The molecule has 0 saturated carbocycles. The summed E-state index contributed by atoms with van der Waals surface area (Å²) in [6.07, 6.45) is 0.00740. The second-order valence-electron chi connectivity index (χ2n) is 4.57. The first-order chi connectivity index (χ1) is 9.20. The molecule has 0 aliphatic carbocycles. The van der Waals surface area contributed by atoms with Crippen LogP contribution in [-0.2, 0) is 14.3 Å². The van der Waals surface area contributed by atoms with Crippen molar-refractivity contribution in [3.05, 3.63) is 29.8 Å². The minimum atomic E-state index is -0.280. The lowest BCUT2D eigenvalue weighted by Gasteiger charge is -2.23. The molecule has 1 aliphatic heterocycles. The summed E-state index contributed by atoms with van der Waals surface area (Å²) in [5.74, 6) is -0.0677. The summed E-state index contributed by atoms with van der Waals surface area (Å²) in [7, 11) is 1.67. The zero-order chi connectivity index (χ0) is 13.7. The summed E-state index contributed by atoms with van der Waals surface area (Å²) in [6.45, 7) is 3.75. The first-order valence-corrected chi connectivity index (χ1v) is 6.45. The molecule has 2 N–H and O–H groups in total. The Morgan fingerprint density at radius 1 is 1.58 bits per heavy atom. The highest BCUT2D eigenvalue weighted by atomic mass is 16.5. The number of carbonyl (C=O) groups is 1. The highest BCUT2D eigenvalue weighted by molar-refractivity contribution is 5.95. The van der Waals surface area contributed by atoms with Gasteiger partial charge in [-0.1, -0.05) is 12.1 Å². The first kappa shape index (κ1) is 14.0. The maximum absolute atomic E-state index is 12.0. The molecule has 1 aromatic carbocycles. The van der Waals surface area contributed by atoms with Gasteiger partial charge in [-0.05, 0) is 24.6 Å². The summed E-state index contributed by atoms with van der Waals surface area (Å²) >= 11 is 0. The molecule has 5 nitrogen and oxygen atoms in total. The third kappa shape index (κ3) is 3.76. The Hall–Kier alpha value is -1.43. The fourth-order valence-corrected chi connectivity index (χ4v) is 1.97. The molecule has 19 heavy (non-hydrogen) atoms. The van der Waals surface area contributed by atoms with E-state index in [4.69, 9.17) is 9.47 Å². The molecule has 0 aromatic heterocycles. The molecule has 1 fully saturated rings. The van der Waals surface area contributed by atoms with Crippen molar-refractivity contribution in [2.24, 2.45) is 0 Å². The minimum Gasteiger partial charge on any atom is -0.378 e. The van der Waals surface area contributed by atoms with E-state index >= 15 is 0 Å². The average molecular weight is 264 g/mol. The highest BCUT2D eigenvalue weighted by Gasteiger charge is 2.21. The maximum atomic E-state index is 12.0. The van der Waals surface area contributed by atoms with Gasteiger partial charge in [-0.3, -0.25) is 4.79 Å². The lowest BCUT2D eigenvalue weighted by molar-refractivity contribution is -0.120. The Bertz CT molecular complexity index is 430. The van der Waals surface area contributed by atoms with Crippen LogP contribution >= 0.6 is 0 Å². The number of morpholine rings is 1. The zero-order valence-electron chi connectivity index (χ0n) is 11.3. The fraction of sp³-hybridized carbons (Fsp3) is 0.500. The van der Waals surface area contributed by atoms with E-state index in [1.165, 1.54) is 0 Å². The SMILES string of the molecule is COC(C)c1cccc(NC(=O)C2COCCN2)c1. The van der Waals surface area contributed by atoms with Gasteiger partial charge in [0.15, 0.2) is 0 Å². The molecule has 1 aliphatic rings. The predicted molar refractivity (Wildman–Crippen MR) is 73.1 cm³/mol. The quantitative estimate of drug-likeness (QED) is 0.861. The van der Waals surface area contributed by atoms with Crippen LogP contribution in [-0.4, -0.2) is 38.8 Å². The van der Waals surface area contributed by atoms with Crippen LogP contribution in [0.25, 0.3) is 0 Å². The van der Waals surface area contributed by atoms with E-state index < -0.39 is 0 Å². The average Bonchev–Trinajstić information content (AvgIpc) is 2.47. The minimum absolute atomic E-state index is 0.00740. The van der Waals surface area contributed by atoms with Gasteiger partial charge in [0, 0.05) is 19.3 Å². The van der Waals surface area contributed by atoms with Crippen molar-refractivity contribution in [3.63, 3.8) is 0 Å².